The molecule has 0 radical (unpaired) electrons. The molecule has 0 aliphatic heterocycles. The Balaban J connectivity index is 2.13. The van der Waals surface area contributed by atoms with Crippen molar-refractivity contribution in [3.63, 3.8) is 0 Å². The van der Waals surface area contributed by atoms with Gasteiger partial charge in [-0.2, -0.15) is 0 Å². The highest BCUT2D eigenvalue weighted by Crippen LogP contribution is 2.34. The minimum atomic E-state index is -1.31. The van der Waals surface area contributed by atoms with E-state index in [-0.39, 0.29) is 0 Å². The van der Waals surface area contributed by atoms with Crippen molar-refractivity contribution < 1.29 is 13.7 Å². The standard InChI is InChI=1S/C24H22O3S/c1-17-11-14-20(15-12-17)28(26)22-10-5-4-9-21(22)24-18(2)7-6-8-19(24)13-16-23(25)27-3/h4-16H,1-3H3/b16-13+. The van der Waals surface area contributed by atoms with E-state index in [0.717, 1.165) is 37.6 Å². The first kappa shape index (κ1) is 19.8. The Morgan fingerprint density at radius 3 is 2.36 bits per heavy atom. The lowest BCUT2D eigenvalue weighted by atomic mass is 9.94. The van der Waals surface area contributed by atoms with Gasteiger partial charge in [0.1, 0.15) is 0 Å². The number of rotatable bonds is 5. The lowest BCUT2D eigenvalue weighted by molar-refractivity contribution is -0.134. The van der Waals surface area contributed by atoms with Crippen molar-refractivity contribution in [2.75, 3.05) is 7.11 Å². The van der Waals surface area contributed by atoms with Crippen LogP contribution in [0.1, 0.15) is 16.7 Å². The van der Waals surface area contributed by atoms with Gasteiger partial charge in [-0.25, -0.2) is 9.00 Å². The molecule has 3 aromatic rings. The highest BCUT2D eigenvalue weighted by Gasteiger charge is 2.16. The predicted octanol–water partition coefficient (Wildman–Crippen LogP) is 5.32. The molecule has 0 aliphatic rings. The number of hydrogen-bond donors (Lipinski definition) is 0. The van der Waals surface area contributed by atoms with Gasteiger partial charge >= 0.3 is 5.97 Å². The normalized spacial score (nSPS) is 12.1. The monoisotopic (exact) mass is 390 g/mol. The summed E-state index contributed by atoms with van der Waals surface area (Å²) in [5.41, 5.74) is 4.89. The number of hydrogen-bond acceptors (Lipinski definition) is 3. The fourth-order valence-electron chi connectivity index (χ4n) is 3.05. The van der Waals surface area contributed by atoms with Crippen LogP contribution in [0.4, 0.5) is 0 Å². The lowest BCUT2D eigenvalue weighted by Crippen LogP contribution is -1.99. The van der Waals surface area contributed by atoms with Crippen LogP contribution in [-0.4, -0.2) is 17.3 Å². The summed E-state index contributed by atoms with van der Waals surface area (Å²) in [5.74, 6) is -0.413. The lowest BCUT2D eigenvalue weighted by Gasteiger charge is -2.15. The Hall–Kier alpha value is -2.98. The van der Waals surface area contributed by atoms with E-state index in [1.807, 2.05) is 80.6 Å². The van der Waals surface area contributed by atoms with Crippen molar-refractivity contribution in [3.05, 3.63) is 89.5 Å². The Bertz CT molecular complexity index is 1050. The van der Waals surface area contributed by atoms with Crippen LogP contribution in [-0.2, 0) is 20.3 Å². The molecule has 4 heteroatoms. The second-order valence-electron chi connectivity index (χ2n) is 6.47. The summed E-state index contributed by atoms with van der Waals surface area (Å²) < 4.78 is 18.0. The first-order chi connectivity index (χ1) is 13.5. The molecule has 3 nitrogen and oxygen atoms in total. The van der Waals surface area contributed by atoms with Crippen LogP contribution in [0, 0.1) is 13.8 Å². The van der Waals surface area contributed by atoms with Crippen molar-refractivity contribution in [1.82, 2.24) is 0 Å². The maximum absolute atomic E-state index is 13.3. The number of ether oxygens (including phenoxy) is 1. The third-order valence-corrected chi connectivity index (χ3v) is 5.95. The molecule has 0 bridgehead atoms. The SMILES string of the molecule is COC(=O)/C=C/c1cccc(C)c1-c1ccccc1S(=O)c1ccc(C)cc1. The van der Waals surface area contributed by atoms with Gasteiger partial charge in [0, 0.05) is 11.0 Å². The number of methoxy groups -OCH3 is 1. The van der Waals surface area contributed by atoms with Crippen molar-refractivity contribution in [3.8, 4) is 11.1 Å². The molecule has 0 fully saturated rings. The Kier molecular flexibility index (Phi) is 6.22. The average molecular weight is 391 g/mol. The summed E-state index contributed by atoms with van der Waals surface area (Å²) in [6, 6.07) is 21.3. The summed E-state index contributed by atoms with van der Waals surface area (Å²) >= 11 is 0. The Morgan fingerprint density at radius 2 is 1.64 bits per heavy atom. The average Bonchev–Trinajstić information content (AvgIpc) is 2.72. The molecule has 1 unspecified atom stereocenters. The number of esters is 1. The van der Waals surface area contributed by atoms with Crippen molar-refractivity contribution >= 4 is 22.8 Å². The van der Waals surface area contributed by atoms with Gasteiger partial charge in [0.2, 0.25) is 0 Å². The molecule has 0 saturated heterocycles. The topological polar surface area (TPSA) is 43.4 Å². The molecule has 0 aromatic heterocycles. The van der Waals surface area contributed by atoms with Crippen LogP contribution in [0.5, 0.6) is 0 Å². The van der Waals surface area contributed by atoms with Gasteiger partial charge in [0.25, 0.3) is 0 Å². The van der Waals surface area contributed by atoms with Crippen molar-refractivity contribution in [2.24, 2.45) is 0 Å². The molecule has 142 valence electrons. The molecule has 3 rings (SSSR count). The number of aryl methyl sites for hydroxylation is 2. The molecule has 0 N–H and O–H groups in total. The summed E-state index contributed by atoms with van der Waals surface area (Å²) in [6.07, 6.45) is 3.14. The van der Waals surface area contributed by atoms with Crippen LogP contribution >= 0.6 is 0 Å². The van der Waals surface area contributed by atoms with Gasteiger partial charge in [-0.1, -0.05) is 54.1 Å². The maximum Gasteiger partial charge on any atom is 0.330 e. The molecular weight excluding hydrogens is 368 g/mol. The molecule has 3 aromatic carbocycles. The molecule has 0 heterocycles. The zero-order chi connectivity index (χ0) is 20.1. The van der Waals surface area contributed by atoms with Crippen LogP contribution < -0.4 is 0 Å². The molecule has 28 heavy (non-hydrogen) atoms. The van der Waals surface area contributed by atoms with E-state index < -0.39 is 16.8 Å². The molecule has 0 saturated carbocycles. The quantitative estimate of drug-likeness (QED) is 0.437. The number of carbonyl (C=O) groups excluding carboxylic acids is 1. The van der Waals surface area contributed by atoms with E-state index in [1.165, 1.54) is 13.2 Å². The Labute approximate surface area is 168 Å². The van der Waals surface area contributed by atoms with Crippen LogP contribution in [0.2, 0.25) is 0 Å². The molecule has 1 atom stereocenters. The minimum Gasteiger partial charge on any atom is -0.466 e. The van der Waals surface area contributed by atoms with Gasteiger partial charge in [0.15, 0.2) is 0 Å². The third-order valence-electron chi connectivity index (χ3n) is 4.50. The van der Waals surface area contributed by atoms with E-state index in [4.69, 9.17) is 4.74 Å². The third kappa shape index (κ3) is 4.29. The minimum absolute atomic E-state index is 0.413. The molecular formula is C24H22O3S. The first-order valence-electron chi connectivity index (χ1n) is 8.94. The maximum atomic E-state index is 13.3. The summed E-state index contributed by atoms with van der Waals surface area (Å²) in [7, 11) is 0.0373. The van der Waals surface area contributed by atoms with E-state index in [0.29, 0.717) is 0 Å². The Morgan fingerprint density at radius 1 is 0.929 bits per heavy atom. The van der Waals surface area contributed by atoms with E-state index in [2.05, 4.69) is 0 Å². The van der Waals surface area contributed by atoms with Crippen LogP contribution in [0.25, 0.3) is 17.2 Å². The smallest absolute Gasteiger partial charge is 0.330 e. The highest BCUT2D eigenvalue weighted by molar-refractivity contribution is 7.85. The summed E-state index contributed by atoms with van der Waals surface area (Å²) in [4.78, 5) is 13.1. The second-order valence-corrected chi connectivity index (χ2v) is 7.92. The number of benzene rings is 3. The van der Waals surface area contributed by atoms with Crippen LogP contribution in [0.3, 0.4) is 0 Å². The van der Waals surface area contributed by atoms with Crippen LogP contribution in [0.15, 0.2) is 82.6 Å². The summed E-state index contributed by atoms with van der Waals surface area (Å²) in [5, 5.41) is 0. The van der Waals surface area contributed by atoms with Crippen molar-refractivity contribution in [1.29, 1.82) is 0 Å². The van der Waals surface area contributed by atoms with Gasteiger partial charge in [-0.05, 0) is 60.4 Å². The largest absolute Gasteiger partial charge is 0.466 e. The van der Waals surface area contributed by atoms with E-state index in [9.17, 15) is 9.00 Å². The van der Waals surface area contributed by atoms with Crippen molar-refractivity contribution in [2.45, 2.75) is 23.6 Å². The fourth-order valence-corrected chi connectivity index (χ4v) is 4.26. The van der Waals surface area contributed by atoms with Gasteiger partial charge in [-0.3, -0.25) is 0 Å². The predicted molar refractivity (Wildman–Crippen MR) is 114 cm³/mol. The van der Waals surface area contributed by atoms with E-state index >= 15 is 0 Å². The molecule has 0 aliphatic carbocycles. The zero-order valence-electron chi connectivity index (χ0n) is 16.1. The zero-order valence-corrected chi connectivity index (χ0v) is 17.0. The van der Waals surface area contributed by atoms with Gasteiger partial charge in [-0.15, -0.1) is 0 Å². The first-order valence-corrected chi connectivity index (χ1v) is 10.1. The van der Waals surface area contributed by atoms with Gasteiger partial charge < -0.3 is 4.74 Å². The molecule has 0 amide bonds. The number of carbonyl (C=O) groups is 1. The van der Waals surface area contributed by atoms with E-state index in [1.54, 1.807) is 6.08 Å². The fraction of sp³-hybridized carbons (Fsp3) is 0.125. The highest BCUT2D eigenvalue weighted by atomic mass is 32.2. The second kappa shape index (κ2) is 8.81. The van der Waals surface area contributed by atoms with Gasteiger partial charge in [0.05, 0.1) is 22.8 Å². The molecule has 0 spiro atoms. The summed E-state index contributed by atoms with van der Waals surface area (Å²) in [6.45, 7) is 4.02.